The Morgan fingerprint density at radius 3 is 2.52 bits per heavy atom. The van der Waals surface area contributed by atoms with Crippen molar-refractivity contribution >= 4 is 38.6 Å². The third-order valence-corrected chi connectivity index (χ3v) is 3.92. The highest BCUT2D eigenvalue weighted by molar-refractivity contribution is 7.88. The molecule has 0 bridgehead atoms. The fraction of sp³-hybridized carbons (Fsp3) is 0.167. The van der Waals surface area contributed by atoms with Crippen LogP contribution in [0.25, 0.3) is 10.9 Å². The van der Waals surface area contributed by atoms with E-state index >= 15 is 0 Å². The van der Waals surface area contributed by atoms with Gasteiger partial charge in [0.1, 0.15) is 0 Å². The average molecular weight is 370 g/mol. The zero-order chi connectivity index (χ0) is 17.4. The third kappa shape index (κ3) is 3.32. The molecule has 2 aromatic rings. The number of carbonyl (C=O) groups is 1. The van der Waals surface area contributed by atoms with Gasteiger partial charge in [0.15, 0.2) is 5.75 Å². The van der Waals surface area contributed by atoms with Gasteiger partial charge in [-0.1, -0.05) is 11.6 Å². The molecule has 0 saturated carbocycles. The maximum absolute atomic E-state index is 12.4. The predicted molar refractivity (Wildman–Crippen MR) is 73.7 cm³/mol. The van der Waals surface area contributed by atoms with Crippen molar-refractivity contribution in [2.75, 3.05) is 7.11 Å². The second-order valence-electron chi connectivity index (χ2n) is 4.14. The number of aromatic nitrogens is 1. The van der Waals surface area contributed by atoms with Gasteiger partial charge in [-0.15, -0.1) is 0 Å². The summed E-state index contributed by atoms with van der Waals surface area (Å²) >= 11 is 5.90. The summed E-state index contributed by atoms with van der Waals surface area (Å²) in [5.74, 6) is -1.48. The van der Waals surface area contributed by atoms with Gasteiger partial charge in [0, 0.05) is 17.6 Å². The lowest BCUT2D eigenvalue weighted by Crippen LogP contribution is -2.28. The van der Waals surface area contributed by atoms with Crippen LogP contribution in [-0.2, 0) is 14.9 Å². The number of pyridine rings is 1. The van der Waals surface area contributed by atoms with E-state index < -0.39 is 27.3 Å². The van der Waals surface area contributed by atoms with Gasteiger partial charge in [0.25, 0.3) is 0 Å². The Hall–Kier alpha value is -2.07. The first-order valence-electron chi connectivity index (χ1n) is 5.74. The first-order chi connectivity index (χ1) is 10.6. The number of ether oxygens (including phenoxy) is 1. The monoisotopic (exact) mass is 369 g/mol. The summed E-state index contributed by atoms with van der Waals surface area (Å²) in [5.41, 5.74) is -5.74. The maximum Gasteiger partial charge on any atom is 0.534 e. The van der Waals surface area contributed by atoms with Crippen LogP contribution in [0.1, 0.15) is 10.4 Å². The Labute approximate surface area is 132 Å². The number of fused-ring (bicyclic) bond motifs is 1. The van der Waals surface area contributed by atoms with Gasteiger partial charge in [-0.25, -0.2) is 4.79 Å². The Morgan fingerprint density at radius 1 is 1.30 bits per heavy atom. The summed E-state index contributed by atoms with van der Waals surface area (Å²) in [7, 11) is -4.79. The quantitative estimate of drug-likeness (QED) is 0.470. The number of nitrogens with zero attached hydrogens (tertiary/aromatic N) is 1. The molecule has 0 spiro atoms. The summed E-state index contributed by atoms with van der Waals surface area (Å²) in [4.78, 5) is 15.3. The summed E-state index contributed by atoms with van der Waals surface area (Å²) < 4.78 is 68.1. The van der Waals surface area contributed by atoms with Crippen LogP contribution in [0, 0.1) is 0 Å². The molecule has 0 amide bonds. The number of halogens is 4. The second-order valence-corrected chi connectivity index (χ2v) is 6.08. The van der Waals surface area contributed by atoms with Gasteiger partial charge < -0.3 is 8.92 Å². The number of benzene rings is 1. The van der Waals surface area contributed by atoms with Crippen molar-refractivity contribution in [3.05, 3.63) is 35.0 Å². The fourth-order valence-electron chi connectivity index (χ4n) is 1.66. The number of alkyl halides is 3. The summed E-state index contributed by atoms with van der Waals surface area (Å²) in [6.45, 7) is 0. The third-order valence-electron chi connectivity index (χ3n) is 2.66. The van der Waals surface area contributed by atoms with E-state index in [0.29, 0.717) is 0 Å². The van der Waals surface area contributed by atoms with Crippen LogP contribution in [-0.4, -0.2) is 32.0 Å². The molecule has 0 radical (unpaired) electrons. The van der Waals surface area contributed by atoms with Crippen LogP contribution in [0.4, 0.5) is 13.2 Å². The smallest absolute Gasteiger partial charge is 0.465 e. The van der Waals surface area contributed by atoms with Crippen molar-refractivity contribution in [1.29, 1.82) is 0 Å². The molecule has 0 atom stereocenters. The van der Waals surface area contributed by atoms with Crippen molar-refractivity contribution in [3.63, 3.8) is 0 Å². The topological polar surface area (TPSA) is 82.6 Å². The molecular formula is C12H7ClF3NO5S. The molecule has 0 aliphatic heterocycles. The predicted octanol–water partition coefficient (Wildman–Crippen LogP) is 2.90. The lowest BCUT2D eigenvalue weighted by atomic mass is 10.1. The van der Waals surface area contributed by atoms with E-state index in [4.69, 9.17) is 11.6 Å². The van der Waals surface area contributed by atoms with Gasteiger partial charge in [-0.2, -0.15) is 21.6 Å². The fourth-order valence-corrected chi connectivity index (χ4v) is 2.41. The van der Waals surface area contributed by atoms with Gasteiger partial charge in [-0.05, 0) is 12.1 Å². The van der Waals surface area contributed by atoms with Crippen LogP contribution in [0.3, 0.4) is 0 Å². The van der Waals surface area contributed by atoms with E-state index in [1.807, 2.05) is 0 Å². The zero-order valence-electron chi connectivity index (χ0n) is 11.2. The number of rotatable bonds is 3. The van der Waals surface area contributed by atoms with Crippen LogP contribution in [0.5, 0.6) is 5.75 Å². The number of hydrogen-bond acceptors (Lipinski definition) is 6. The minimum atomic E-state index is -5.88. The molecule has 1 aromatic carbocycles. The zero-order valence-corrected chi connectivity index (χ0v) is 12.8. The molecule has 0 aliphatic carbocycles. The van der Waals surface area contributed by atoms with E-state index in [9.17, 15) is 26.4 Å². The van der Waals surface area contributed by atoms with Gasteiger partial charge in [0.05, 0.1) is 23.2 Å². The summed E-state index contributed by atoms with van der Waals surface area (Å²) in [6.07, 6.45) is 1.02. The molecule has 0 fully saturated rings. The van der Waals surface area contributed by atoms with Crippen molar-refractivity contribution in [2.45, 2.75) is 5.51 Å². The van der Waals surface area contributed by atoms with Crippen LogP contribution in [0.15, 0.2) is 24.4 Å². The minimum Gasteiger partial charge on any atom is -0.465 e. The van der Waals surface area contributed by atoms with E-state index in [-0.39, 0.29) is 21.5 Å². The Balaban J connectivity index is 2.66. The molecule has 1 aromatic heterocycles. The number of methoxy groups -OCH3 is 1. The van der Waals surface area contributed by atoms with E-state index in [1.54, 1.807) is 0 Å². The van der Waals surface area contributed by atoms with Crippen molar-refractivity contribution < 1.29 is 35.3 Å². The number of hydrogen-bond donors (Lipinski definition) is 0. The highest BCUT2D eigenvalue weighted by Crippen LogP contribution is 2.34. The number of esters is 1. The second kappa shape index (κ2) is 5.85. The first kappa shape index (κ1) is 17.3. The van der Waals surface area contributed by atoms with Gasteiger partial charge in [0.2, 0.25) is 0 Å². The Kier molecular flexibility index (Phi) is 4.40. The molecule has 0 N–H and O–H groups in total. The largest absolute Gasteiger partial charge is 0.534 e. The molecule has 0 aliphatic rings. The standard InChI is InChI=1S/C12H7ClF3NO5S/c1-21-11(18)6-4-7-9(22-23(19,20)12(14,15)16)2-3-17-10(7)8(13)5-6/h2-5H,1H3. The number of carbonyl (C=O) groups excluding carboxylic acids is 1. The van der Waals surface area contributed by atoms with E-state index in [0.717, 1.165) is 25.4 Å². The highest BCUT2D eigenvalue weighted by Gasteiger charge is 2.48. The van der Waals surface area contributed by atoms with Crippen LogP contribution < -0.4 is 4.18 Å². The summed E-state index contributed by atoms with van der Waals surface area (Å²) in [6, 6.07) is 3.16. The minimum absolute atomic E-state index is 0.0332. The molecular weight excluding hydrogens is 363 g/mol. The lowest BCUT2D eigenvalue weighted by molar-refractivity contribution is -0.0499. The molecule has 0 saturated heterocycles. The first-order valence-corrected chi connectivity index (χ1v) is 7.53. The molecule has 124 valence electrons. The SMILES string of the molecule is COC(=O)c1cc(Cl)c2nccc(OS(=O)(=O)C(F)(F)F)c2c1. The maximum atomic E-state index is 12.4. The van der Waals surface area contributed by atoms with E-state index in [2.05, 4.69) is 13.9 Å². The van der Waals surface area contributed by atoms with Gasteiger partial charge in [-0.3, -0.25) is 4.98 Å². The molecule has 2 rings (SSSR count). The Bertz CT molecular complexity index is 882. The molecule has 11 heteroatoms. The molecule has 1 heterocycles. The Morgan fingerprint density at radius 2 is 1.96 bits per heavy atom. The van der Waals surface area contributed by atoms with Crippen molar-refractivity contribution in [3.8, 4) is 5.75 Å². The summed E-state index contributed by atoms with van der Waals surface area (Å²) in [5, 5.41) is -0.272. The van der Waals surface area contributed by atoms with E-state index in [1.165, 1.54) is 6.07 Å². The highest BCUT2D eigenvalue weighted by atomic mass is 35.5. The molecule has 0 unspecified atom stereocenters. The molecule has 23 heavy (non-hydrogen) atoms. The van der Waals surface area contributed by atoms with Gasteiger partial charge >= 0.3 is 21.6 Å². The van der Waals surface area contributed by atoms with Crippen LogP contribution >= 0.6 is 11.6 Å². The average Bonchev–Trinajstić information content (AvgIpc) is 2.45. The molecule has 6 nitrogen and oxygen atoms in total. The lowest BCUT2D eigenvalue weighted by Gasteiger charge is -2.12. The van der Waals surface area contributed by atoms with Crippen LogP contribution in [0.2, 0.25) is 5.02 Å². The van der Waals surface area contributed by atoms with Crippen molar-refractivity contribution in [1.82, 2.24) is 4.98 Å². The normalized spacial score (nSPS) is 12.2. The van der Waals surface area contributed by atoms with Crippen molar-refractivity contribution in [2.24, 2.45) is 0 Å².